The van der Waals surface area contributed by atoms with E-state index in [-0.39, 0.29) is 30.1 Å². The SMILES string of the molecule is Cc1cc(C)n(CCC(=O)N[C@@H]2COC[C@H]2N2CCCC2)c(=O)n1. The second kappa shape index (κ2) is 7.44. The topological polar surface area (TPSA) is 76.5 Å². The lowest BCUT2D eigenvalue weighted by atomic mass is 10.1. The molecule has 0 radical (unpaired) electrons. The molecule has 7 nitrogen and oxygen atoms in total. The largest absolute Gasteiger partial charge is 0.378 e. The Hall–Kier alpha value is -1.73. The van der Waals surface area contributed by atoms with Crippen molar-refractivity contribution in [3.05, 3.63) is 27.9 Å². The Balaban J connectivity index is 1.55. The number of carbonyl (C=O) groups excluding carboxylic acids is 1. The number of nitrogens with zero attached hydrogens (tertiary/aromatic N) is 3. The van der Waals surface area contributed by atoms with Crippen molar-refractivity contribution in [3.63, 3.8) is 0 Å². The van der Waals surface area contributed by atoms with Crippen molar-refractivity contribution in [3.8, 4) is 0 Å². The van der Waals surface area contributed by atoms with Gasteiger partial charge in [0.1, 0.15) is 0 Å². The van der Waals surface area contributed by atoms with E-state index in [0.29, 0.717) is 25.5 Å². The molecule has 2 atom stereocenters. The molecule has 0 aliphatic carbocycles. The number of amides is 1. The van der Waals surface area contributed by atoms with E-state index >= 15 is 0 Å². The van der Waals surface area contributed by atoms with Crippen LogP contribution in [0.5, 0.6) is 0 Å². The molecule has 1 aromatic rings. The molecule has 132 valence electrons. The molecule has 3 heterocycles. The fraction of sp³-hybridized carbons (Fsp3) is 0.706. The summed E-state index contributed by atoms with van der Waals surface area (Å²) in [5.41, 5.74) is 1.24. The van der Waals surface area contributed by atoms with E-state index in [0.717, 1.165) is 18.8 Å². The van der Waals surface area contributed by atoms with E-state index in [2.05, 4.69) is 15.2 Å². The highest BCUT2D eigenvalue weighted by atomic mass is 16.5. The number of rotatable bonds is 5. The van der Waals surface area contributed by atoms with Crippen LogP contribution in [0, 0.1) is 13.8 Å². The maximum absolute atomic E-state index is 12.3. The van der Waals surface area contributed by atoms with E-state index in [4.69, 9.17) is 4.74 Å². The summed E-state index contributed by atoms with van der Waals surface area (Å²) in [6.45, 7) is 7.44. The Kier molecular flexibility index (Phi) is 5.30. The predicted octanol–water partition coefficient (Wildman–Crippen LogP) is 0.230. The van der Waals surface area contributed by atoms with Crippen molar-refractivity contribution < 1.29 is 9.53 Å². The molecule has 1 aromatic heterocycles. The van der Waals surface area contributed by atoms with Crippen LogP contribution >= 0.6 is 0 Å². The maximum Gasteiger partial charge on any atom is 0.347 e. The zero-order valence-electron chi connectivity index (χ0n) is 14.5. The molecule has 2 aliphatic heterocycles. The lowest BCUT2D eigenvalue weighted by Crippen LogP contribution is -2.50. The molecule has 0 bridgehead atoms. The number of aryl methyl sites for hydroxylation is 2. The molecule has 1 amide bonds. The van der Waals surface area contributed by atoms with Crippen LogP contribution in [0.2, 0.25) is 0 Å². The molecular weight excluding hydrogens is 308 g/mol. The van der Waals surface area contributed by atoms with Crippen LogP contribution < -0.4 is 11.0 Å². The highest BCUT2D eigenvalue weighted by molar-refractivity contribution is 5.76. The van der Waals surface area contributed by atoms with Crippen LogP contribution in [0.4, 0.5) is 0 Å². The minimum atomic E-state index is -0.292. The van der Waals surface area contributed by atoms with Crippen LogP contribution in [0.15, 0.2) is 10.9 Å². The third-order valence-electron chi connectivity index (χ3n) is 4.92. The van der Waals surface area contributed by atoms with Gasteiger partial charge in [-0.05, 0) is 45.8 Å². The van der Waals surface area contributed by atoms with Gasteiger partial charge in [-0.1, -0.05) is 0 Å². The molecule has 0 spiro atoms. The molecule has 0 unspecified atom stereocenters. The van der Waals surface area contributed by atoms with Crippen molar-refractivity contribution in [1.29, 1.82) is 0 Å². The van der Waals surface area contributed by atoms with E-state index < -0.39 is 0 Å². The summed E-state index contributed by atoms with van der Waals surface area (Å²) >= 11 is 0. The number of carbonyl (C=O) groups is 1. The van der Waals surface area contributed by atoms with Crippen LogP contribution in [-0.4, -0.2) is 58.7 Å². The Morgan fingerprint density at radius 2 is 2.08 bits per heavy atom. The second-order valence-electron chi connectivity index (χ2n) is 6.75. The minimum Gasteiger partial charge on any atom is -0.378 e. The third kappa shape index (κ3) is 3.84. The van der Waals surface area contributed by atoms with Crippen LogP contribution in [-0.2, 0) is 16.1 Å². The monoisotopic (exact) mass is 334 g/mol. The van der Waals surface area contributed by atoms with Crippen molar-refractivity contribution >= 4 is 5.91 Å². The van der Waals surface area contributed by atoms with E-state index in [1.165, 1.54) is 12.8 Å². The van der Waals surface area contributed by atoms with Crippen LogP contribution in [0.25, 0.3) is 0 Å². The number of likely N-dealkylation sites (tertiary alicyclic amines) is 1. The van der Waals surface area contributed by atoms with Gasteiger partial charge in [-0.3, -0.25) is 14.3 Å². The highest BCUT2D eigenvalue weighted by Gasteiger charge is 2.35. The van der Waals surface area contributed by atoms with Gasteiger partial charge in [-0.15, -0.1) is 0 Å². The van der Waals surface area contributed by atoms with Gasteiger partial charge >= 0.3 is 5.69 Å². The van der Waals surface area contributed by atoms with Gasteiger partial charge in [0, 0.05) is 24.4 Å². The predicted molar refractivity (Wildman–Crippen MR) is 89.9 cm³/mol. The molecule has 2 saturated heterocycles. The highest BCUT2D eigenvalue weighted by Crippen LogP contribution is 2.19. The van der Waals surface area contributed by atoms with Gasteiger partial charge in [-0.25, -0.2) is 4.79 Å². The summed E-state index contributed by atoms with van der Waals surface area (Å²) < 4.78 is 7.13. The van der Waals surface area contributed by atoms with Gasteiger partial charge in [0.2, 0.25) is 5.91 Å². The zero-order valence-corrected chi connectivity index (χ0v) is 14.5. The summed E-state index contributed by atoms with van der Waals surface area (Å²) in [4.78, 5) is 30.6. The average Bonchev–Trinajstić information content (AvgIpc) is 3.16. The van der Waals surface area contributed by atoms with Gasteiger partial charge in [0.25, 0.3) is 0 Å². The number of nitrogens with one attached hydrogen (secondary N) is 1. The van der Waals surface area contributed by atoms with E-state index in [1.807, 2.05) is 13.0 Å². The fourth-order valence-electron chi connectivity index (χ4n) is 3.65. The van der Waals surface area contributed by atoms with E-state index in [1.54, 1.807) is 11.5 Å². The lowest BCUT2D eigenvalue weighted by Gasteiger charge is -2.28. The Bertz CT molecular complexity index is 652. The van der Waals surface area contributed by atoms with Crippen LogP contribution in [0.1, 0.15) is 30.7 Å². The van der Waals surface area contributed by atoms with Gasteiger partial charge in [-0.2, -0.15) is 4.98 Å². The summed E-state index contributed by atoms with van der Waals surface area (Å²) in [5.74, 6) is -0.0402. The normalized spacial score (nSPS) is 24.4. The molecule has 2 fully saturated rings. The minimum absolute atomic E-state index is 0.0402. The summed E-state index contributed by atoms with van der Waals surface area (Å²) in [7, 11) is 0. The van der Waals surface area contributed by atoms with Gasteiger partial charge in [0.05, 0.1) is 25.3 Å². The summed E-state index contributed by atoms with van der Waals surface area (Å²) in [5, 5.41) is 3.09. The third-order valence-corrected chi connectivity index (χ3v) is 4.92. The molecule has 24 heavy (non-hydrogen) atoms. The summed E-state index contributed by atoms with van der Waals surface area (Å²) in [6, 6.07) is 2.18. The first-order valence-corrected chi connectivity index (χ1v) is 8.71. The maximum atomic E-state index is 12.3. The average molecular weight is 334 g/mol. The quantitative estimate of drug-likeness (QED) is 0.834. The molecular formula is C17H26N4O3. The Morgan fingerprint density at radius 3 is 2.79 bits per heavy atom. The fourth-order valence-corrected chi connectivity index (χ4v) is 3.65. The van der Waals surface area contributed by atoms with Crippen molar-refractivity contribution in [2.24, 2.45) is 0 Å². The molecule has 3 rings (SSSR count). The number of hydrogen-bond acceptors (Lipinski definition) is 5. The number of hydrogen-bond donors (Lipinski definition) is 1. The number of ether oxygens (including phenoxy) is 1. The first-order valence-electron chi connectivity index (χ1n) is 8.71. The molecule has 0 aromatic carbocycles. The Morgan fingerprint density at radius 1 is 1.33 bits per heavy atom. The standard InChI is InChI=1S/C17H26N4O3/c1-12-9-13(2)21(17(23)18-12)8-5-16(22)19-14-10-24-11-15(14)20-6-3-4-7-20/h9,14-15H,3-8,10-11H2,1-2H3,(H,19,22)/t14-,15-/m1/s1. The second-order valence-corrected chi connectivity index (χ2v) is 6.75. The van der Waals surface area contributed by atoms with Gasteiger partial charge in [0.15, 0.2) is 0 Å². The van der Waals surface area contributed by atoms with Crippen molar-refractivity contribution in [2.75, 3.05) is 26.3 Å². The van der Waals surface area contributed by atoms with E-state index in [9.17, 15) is 9.59 Å². The summed E-state index contributed by atoms with van der Waals surface area (Å²) in [6.07, 6.45) is 2.72. The lowest BCUT2D eigenvalue weighted by molar-refractivity contribution is -0.122. The Labute approximate surface area is 142 Å². The van der Waals surface area contributed by atoms with Crippen molar-refractivity contribution in [1.82, 2.24) is 19.8 Å². The molecule has 7 heteroatoms. The first kappa shape index (κ1) is 17.1. The smallest absolute Gasteiger partial charge is 0.347 e. The van der Waals surface area contributed by atoms with Gasteiger partial charge < -0.3 is 10.1 Å². The first-order chi connectivity index (χ1) is 11.5. The molecule has 1 N–H and O–H groups in total. The molecule has 2 aliphatic rings. The molecule has 0 saturated carbocycles. The van der Waals surface area contributed by atoms with Crippen molar-refractivity contribution in [2.45, 2.75) is 51.7 Å². The zero-order chi connectivity index (χ0) is 17.1. The number of aromatic nitrogens is 2. The van der Waals surface area contributed by atoms with Crippen LogP contribution in [0.3, 0.4) is 0 Å².